The average Bonchev–Trinajstić information content (AvgIpc) is 2.57. The molecule has 1 aliphatic carbocycles. The third-order valence-electron chi connectivity index (χ3n) is 4.87. The number of Topliss-reactive ketones (excluding diaryl/α,β-unsaturated/α-hetero) is 1. The van der Waals surface area contributed by atoms with E-state index < -0.39 is 11.4 Å². The van der Waals surface area contributed by atoms with Crippen LogP contribution in [0.25, 0.3) is 0 Å². The first-order chi connectivity index (χ1) is 12.8. The van der Waals surface area contributed by atoms with Crippen LogP contribution in [0.15, 0.2) is 11.1 Å². The van der Waals surface area contributed by atoms with Gasteiger partial charge in [0.25, 0.3) is 0 Å². The summed E-state index contributed by atoms with van der Waals surface area (Å²) in [5, 5.41) is 15.5. The van der Waals surface area contributed by atoms with Crippen molar-refractivity contribution in [1.29, 1.82) is 0 Å². The van der Waals surface area contributed by atoms with Crippen molar-refractivity contribution in [1.82, 2.24) is 10.6 Å². The lowest BCUT2D eigenvalue weighted by atomic mass is 9.84. The second-order valence-electron chi connectivity index (χ2n) is 9.78. The van der Waals surface area contributed by atoms with E-state index >= 15 is 0 Å². The molecule has 0 aliphatic heterocycles. The first kappa shape index (κ1) is 24.3. The molecule has 0 saturated heterocycles. The molecule has 1 unspecified atom stereocenters. The summed E-state index contributed by atoms with van der Waals surface area (Å²) in [5.41, 5.74) is 0.126. The standard InChI is InChI=1S/C22H38N2O4/c1-21(2,3)18(25)17(24-22(4,5)6)13-9-10-14-23-19(26)15-11-7-8-12-16(15)20(27)28/h17,24H,7-14H2,1-6H3,(H,23,26)(H,27,28). The van der Waals surface area contributed by atoms with Crippen molar-refractivity contribution in [2.45, 2.75) is 98.1 Å². The number of carboxylic acids is 1. The molecule has 3 N–H and O–H groups in total. The summed E-state index contributed by atoms with van der Waals surface area (Å²) in [5.74, 6) is -1.04. The third-order valence-corrected chi connectivity index (χ3v) is 4.87. The number of carboxylic acid groups (broad SMARTS) is 1. The second-order valence-corrected chi connectivity index (χ2v) is 9.78. The molecule has 0 aromatic carbocycles. The van der Waals surface area contributed by atoms with E-state index in [1.54, 1.807) is 0 Å². The zero-order valence-corrected chi connectivity index (χ0v) is 18.4. The van der Waals surface area contributed by atoms with Crippen molar-refractivity contribution in [3.63, 3.8) is 0 Å². The maximum Gasteiger partial charge on any atom is 0.332 e. The topological polar surface area (TPSA) is 95.5 Å². The predicted molar refractivity (Wildman–Crippen MR) is 111 cm³/mol. The van der Waals surface area contributed by atoms with E-state index in [2.05, 4.69) is 10.6 Å². The van der Waals surface area contributed by atoms with Gasteiger partial charge in [-0.1, -0.05) is 20.8 Å². The first-order valence-corrected chi connectivity index (χ1v) is 10.4. The van der Waals surface area contributed by atoms with E-state index in [1.165, 1.54) is 0 Å². The molecule has 0 spiro atoms. The minimum Gasteiger partial charge on any atom is -0.478 e. The quantitative estimate of drug-likeness (QED) is 0.519. The SMILES string of the molecule is CC(C)(C)NC(CCCCNC(=O)C1=C(C(=O)O)CCCC1)C(=O)C(C)(C)C. The summed E-state index contributed by atoms with van der Waals surface area (Å²) in [6.45, 7) is 12.4. The van der Waals surface area contributed by atoms with Crippen LogP contribution in [0.4, 0.5) is 0 Å². The van der Waals surface area contributed by atoms with E-state index in [0.29, 0.717) is 31.4 Å². The summed E-state index contributed by atoms with van der Waals surface area (Å²) >= 11 is 0. The Kier molecular flexibility index (Phi) is 8.86. The van der Waals surface area contributed by atoms with Gasteiger partial charge in [-0.05, 0) is 65.7 Å². The summed E-state index contributed by atoms with van der Waals surface area (Å²) < 4.78 is 0. The molecule has 1 rings (SSSR count). The molecule has 160 valence electrons. The number of hydrogen-bond donors (Lipinski definition) is 3. The summed E-state index contributed by atoms with van der Waals surface area (Å²) in [4.78, 5) is 36.4. The molecule has 0 heterocycles. The lowest BCUT2D eigenvalue weighted by molar-refractivity contribution is -0.133. The fraction of sp³-hybridized carbons (Fsp3) is 0.773. The van der Waals surface area contributed by atoms with Crippen molar-refractivity contribution in [2.24, 2.45) is 5.41 Å². The van der Waals surface area contributed by atoms with Gasteiger partial charge >= 0.3 is 5.97 Å². The van der Waals surface area contributed by atoms with Gasteiger partial charge in [-0.15, -0.1) is 0 Å². The highest BCUT2D eigenvalue weighted by molar-refractivity contribution is 6.02. The van der Waals surface area contributed by atoms with Gasteiger partial charge in [-0.3, -0.25) is 9.59 Å². The van der Waals surface area contributed by atoms with Crippen LogP contribution in [-0.2, 0) is 14.4 Å². The molecule has 1 amide bonds. The summed E-state index contributed by atoms with van der Waals surface area (Å²) in [6, 6.07) is -0.213. The van der Waals surface area contributed by atoms with E-state index in [0.717, 1.165) is 25.7 Å². The Morgan fingerprint density at radius 2 is 1.54 bits per heavy atom. The summed E-state index contributed by atoms with van der Waals surface area (Å²) in [7, 11) is 0. The maximum absolute atomic E-state index is 12.7. The normalized spacial score (nSPS) is 16.6. The van der Waals surface area contributed by atoms with Crippen LogP contribution < -0.4 is 10.6 Å². The van der Waals surface area contributed by atoms with Gasteiger partial charge in [0.1, 0.15) is 0 Å². The molecular formula is C22H38N2O4. The fourth-order valence-corrected chi connectivity index (χ4v) is 3.49. The zero-order valence-electron chi connectivity index (χ0n) is 18.4. The lowest BCUT2D eigenvalue weighted by Crippen LogP contribution is -2.50. The van der Waals surface area contributed by atoms with Gasteiger partial charge in [0.05, 0.1) is 6.04 Å². The summed E-state index contributed by atoms with van der Waals surface area (Å²) in [6.07, 6.45) is 4.95. The Morgan fingerprint density at radius 1 is 0.964 bits per heavy atom. The van der Waals surface area contributed by atoms with Crippen LogP contribution >= 0.6 is 0 Å². The Balaban J connectivity index is 2.54. The molecule has 28 heavy (non-hydrogen) atoms. The molecule has 1 atom stereocenters. The highest BCUT2D eigenvalue weighted by Crippen LogP contribution is 2.25. The number of aliphatic carboxylic acids is 1. The number of unbranched alkanes of at least 4 members (excludes halogenated alkanes) is 1. The van der Waals surface area contributed by atoms with E-state index in [-0.39, 0.29) is 28.8 Å². The number of amides is 1. The van der Waals surface area contributed by atoms with Crippen molar-refractivity contribution in [3.05, 3.63) is 11.1 Å². The minimum atomic E-state index is -0.985. The molecule has 0 saturated carbocycles. The van der Waals surface area contributed by atoms with Gasteiger partial charge < -0.3 is 15.7 Å². The number of carbonyl (C=O) groups excluding carboxylic acids is 2. The average molecular weight is 395 g/mol. The van der Waals surface area contributed by atoms with Crippen LogP contribution in [0.5, 0.6) is 0 Å². The van der Waals surface area contributed by atoms with Crippen molar-refractivity contribution < 1.29 is 19.5 Å². The molecule has 0 aromatic heterocycles. The van der Waals surface area contributed by atoms with E-state index in [9.17, 15) is 19.5 Å². The molecule has 6 heteroatoms. The predicted octanol–water partition coefficient (Wildman–Crippen LogP) is 3.60. The second kappa shape index (κ2) is 10.2. The van der Waals surface area contributed by atoms with E-state index in [4.69, 9.17) is 0 Å². The fourth-order valence-electron chi connectivity index (χ4n) is 3.49. The number of ketones is 1. The Labute approximate surface area is 169 Å². The van der Waals surface area contributed by atoms with Crippen LogP contribution in [-0.4, -0.2) is 40.9 Å². The maximum atomic E-state index is 12.7. The Morgan fingerprint density at radius 3 is 2.04 bits per heavy atom. The first-order valence-electron chi connectivity index (χ1n) is 10.4. The molecule has 0 bridgehead atoms. The van der Waals surface area contributed by atoms with Crippen molar-refractivity contribution in [3.8, 4) is 0 Å². The van der Waals surface area contributed by atoms with Crippen molar-refractivity contribution in [2.75, 3.05) is 6.54 Å². The van der Waals surface area contributed by atoms with Crippen molar-refractivity contribution >= 4 is 17.7 Å². The minimum absolute atomic E-state index is 0.152. The van der Waals surface area contributed by atoms with Crippen LogP contribution in [0, 0.1) is 5.41 Å². The van der Waals surface area contributed by atoms with Gasteiger partial charge in [0, 0.05) is 28.6 Å². The molecule has 6 nitrogen and oxygen atoms in total. The zero-order chi connectivity index (χ0) is 21.5. The van der Waals surface area contributed by atoms with Gasteiger partial charge in [-0.2, -0.15) is 0 Å². The highest BCUT2D eigenvalue weighted by Gasteiger charge is 2.31. The van der Waals surface area contributed by atoms with Crippen LogP contribution in [0.1, 0.15) is 86.5 Å². The molecule has 1 aliphatic rings. The molecule has 0 fully saturated rings. The van der Waals surface area contributed by atoms with Crippen LogP contribution in [0.3, 0.4) is 0 Å². The Bertz CT molecular complexity index is 609. The lowest BCUT2D eigenvalue weighted by Gasteiger charge is -2.32. The van der Waals surface area contributed by atoms with E-state index in [1.807, 2.05) is 41.5 Å². The molecular weight excluding hydrogens is 356 g/mol. The Hall–Kier alpha value is -1.69. The highest BCUT2D eigenvalue weighted by atomic mass is 16.4. The monoisotopic (exact) mass is 394 g/mol. The number of carbonyl (C=O) groups is 3. The number of rotatable bonds is 9. The number of hydrogen-bond acceptors (Lipinski definition) is 4. The molecule has 0 radical (unpaired) electrons. The van der Waals surface area contributed by atoms with Gasteiger partial charge in [0.15, 0.2) is 5.78 Å². The molecule has 0 aromatic rings. The third kappa shape index (κ3) is 8.13. The van der Waals surface area contributed by atoms with Gasteiger partial charge in [0.2, 0.25) is 5.91 Å². The largest absolute Gasteiger partial charge is 0.478 e. The van der Waals surface area contributed by atoms with Gasteiger partial charge in [-0.25, -0.2) is 4.79 Å². The number of nitrogens with one attached hydrogen (secondary N) is 2. The van der Waals surface area contributed by atoms with Crippen LogP contribution in [0.2, 0.25) is 0 Å². The smallest absolute Gasteiger partial charge is 0.332 e.